The minimum atomic E-state index is 0.0642. The van der Waals surface area contributed by atoms with Crippen molar-refractivity contribution >= 4 is 17.4 Å². The van der Waals surface area contributed by atoms with Crippen LogP contribution < -0.4 is 5.32 Å². The second kappa shape index (κ2) is 2.63. The van der Waals surface area contributed by atoms with E-state index < -0.39 is 0 Å². The fourth-order valence-electron chi connectivity index (χ4n) is 1.26. The highest BCUT2D eigenvalue weighted by molar-refractivity contribution is 7.80. The molecule has 1 fully saturated rings. The van der Waals surface area contributed by atoms with Crippen molar-refractivity contribution in [2.75, 3.05) is 0 Å². The smallest absolute Gasteiger partial charge is 0.257 e. The molecule has 2 nitrogen and oxygen atoms in total. The molecule has 0 bridgehead atoms. The summed E-state index contributed by atoms with van der Waals surface area (Å²) in [7, 11) is 0. The van der Waals surface area contributed by atoms with Crippen LogP contribution in [-0.2, 0) is 4.74 Å². The fraction of sp³-hybridized carbons (Fsp3) is 0.875. The molecule has 0 aromatic heterocycles. The first-order chi connectivity index (χ1) is 4.93. The van der Waals surface area contributed by atoms with Gasteiger partial charge in [0.25, 0.3) is 5.17 Å². The maximum Gasteiger partial charge on any atom is 0.257 e. The van der Waals surface area contributed by atoms with Crippen molar-refractivity contribution in [1.29, 1.82) is 0 Å². The van der Waals surface area contributed by atoms with Gasteiger partial charge in [0.05, 0.1) is 0 Å². The molecule has 1 rings (SSSR count). The molecule has 0 saturated carbocycles. The van der Waals surface area contributed by atoms with E-state index in [0.717, 1.165) is 0 Å². The fourth-order valence-corrected chi connectivity index (χ4v) is 1.68. The number of hydrogen-bond donors (Lipinski definition) is 1. The van der Waals surface area contributed by atoms with Gasteiger partial charge >= 0.3 is 0 Å². The predicted octanol–water partition coefficient (Wildman–Crippen LogP) is 1.69. The van der Waals surface area contributed by atoms with E-state index in [9.17, 15) is 0 Å². The summed E-state index contributed by atoms with van der Waals surface area (Å²) in [5.74, 6) is 0.481. The molecule has 0 aromatic rings. The molecule has 0 spiro atoms. The molecule has 0 aromatic carbocycles. The molecule has 1 heterocycles. The van der Waals surface area contributed by atoms with E-state index in [2.05, 4.69) is 33.0 Å². The third kappa shape index (κ3) is 1.64. The summed E-state index contributed by atoms with van der Waals surface area (Å²) in [4.78, 5) is 0. The molecular weight excluding hydrogens is 158 g/mol. The number of rotatable bonds is 0. The van der Waals surface area contributed by atoms with E-state index >= 15 is 0 Å². The SMILES string of the molecule is CC1OC(=S)NC(C)(C)C1C. The van der Waals surface area contributed by atoms with Gasteiger partial charge in [0.2, 0.25) is 0 Å². The zero-order valence-electron chi connectivity index (χ0n) is 7.47. The average Bonchev–Trinajstić information content (AvgIpc) is 1.81. The number of thiocarbonyl (C=S) groups is 1. The maximum atomic E-state index is 5.35. The van der Waals surface area contributed by atoms with Crippen molar-refractivity contribution in [2.45, 2.75) is 39.3 Å². The third-order valence-electron chi connectivity index (χ3n) is 2.56. The average molecular weight is 173 g/mol. The summed E-state index contributed by atoms with van der Waals surface area (Å²) in [6, 6.07) is 0. The van der Waals surface area contributed by atoms with Crippen LogP contribution in [0.1, 0.15) is 27.7 Å². The van der Waals surface area contributed by atoms with E-state index in [1.807, 2.05) is 0 Å². The minimum Gasteiger partial charge on any atom is -0.468 e. The molecule has 3 heteroatoms. The summed E-state index contributed by atoms with van der Waals surface area (Å²) in [6.45, 7) is 8.50. The highest BCUT2D eigenvalue weighted by Crippen LogP contribution is 2.25. The summed E-state index contributed by atoms with van der Waals surface area (Å²) in [5.41, 5.74) is 0.0642. The normalized spacial score (nSPS) is 35.8. The van der Waals surface area contributed by atoms with E-state index in [1.165, 1.54) is 0 Å². The Morgan fingerprint density at radius 1 is 1.45 bits per heavy atom. The van der Waals surface area contributed by atoms with Crippen LogP contribution >= 0.6 is 12.2 Å². The Balaban J connectivity index is 2.75. The minimum absolute atomic E-state index is 0.0642. The van der Waals surface area contributed by atoms with Gasteiger partial charge in [-0.05, 0) is 33.0 Å². The van der Waals surface area contributed by atoms with Gasteiger partial charge in [0.1, 0.15) is 6.10 Å². The largest absolute Gasteiger partial charge is 0.468 e. The van der Waals surface area contributed by atoms with Crippen LogP contribution in [0, 0.1) is 5.92 Å². The van der Waals surface area contributed by atoms with Crippen LogP contribution in [0.2, 0.25) is 0 Å². The molecule has 64 valence electrons. The Hall–Kier alpha value is -0.310. The van der Waals surface area contributed by atoms with E-state index in [-0.39, 0.29) is 11.6 Å². The summed E-state index contributed by atoms with van der Waals surface area (Å²) >= 11 is 4.95. The van der Waals surface area contributed by atoms with Crippen molar-refractivity contribution in [3.8, 4) is 0 Å². The molecule has 0 radical (unpaired) electrons. The molecular formula is C8H15NOS. The number of nitrogens with one attached hydrogen (secondary N) is 1. The lowest BCUT2D eigenvalue weighted by atomic mass is 9.84. The van der Waals surface area contributed by atoms with Crippen LogP contribution in [0.5, 0.6) is 0 Å². The van der Waals surface area contributed by atoms with Gasteiger partial charge in [0, 0.05) is 11.5 Å². The Bertz CT molecular complexity index is 179. The van der Waals surface area contributed by atoms with Crippen LogP contribution in [0.3, 0.4) is 0 Å². The molecule has 1 aliphatic rings. The molecule has 1 aliphatic heterocycles. The Kier molecular flexibility index (Phi) is 2.10. The lowest BCUT2D eigenvalue weighted by Crippen LogP contribution is -2.57. The standard InChI is InChI=1S/C8H15NOS/c1-5-6(2)10-7(11)9-8(5,3)4/h5-6H,1-4H3,(H,9,11). The van der Waals surface area contributed by atoms with Gasteiger partial charge in [-0.1, -0.05) is 6.92 Å². The van der Waals surface area contributed by atoms with E-state index in [1.54, 1.807) is 0 Å². The highest BCUT2D eigenvalue weighted by Gasteiger charge is 2.36. The number of ether oxygens (including phenoxy) is 1. The molecule has 1 saturated heterocycles. The lowest BCUT2D eigenvalue weighted by Gasteiger charge is -2.42. The van der Waals surface area contributed by atoms with Crippen LogP contribution in [0.4, 0.5) is 0 Å². The quantitative estimate of drug-likeness (QED) is 0.563. The third-order valence-corrected chi connectivity index (χ3v) is 2.76. The van der Waals surface area contributed by atoms with E-state index in [0.29, 0.717) is 11.1 Å². The number of hydrogen-bond acceptors (Lipinski definition) is 2. The Labute approximate surface area is 73.3 Å². The van der Waals surface area contributed by atoms with Crippen molar-refractivity contribution in [2.24, 2.45) is 5.92 Å². The van der Waals surface area contributed by atoms with Crippen molar-refractivity contribution in [1.82, 2.24) is 5.32 Å². The summed E-state index contributed by atoms with van der Waals surface area (Å²) in [6.07, 6.45) is 0.221. The first-order valence-corrected chi connectivity index (χ1v) is 4.33. The predicted molar refractivity (Wildman–Crippen MR) is 49.5 cm³/mol. The first-order valence-electron chi connectivity index (χ1n) is 3.92. The Morgan fingerprint density at radius 2 is 2.00 bits per heavy atom. The van der Waals surface area contributed by atoms with Crippen LogP contribution in [0.15, 0.2) is 0 Å². The van der Waals surface area contributed by atoms with Crippen LogP contribution in [-0.4, -0.2) is 16.8 Å². The second-order valence-corrected chi connectivity index (χ2v) is 4.12. The van der Waals surface area contributed by atoms with Crippen molar-refractivity contribution in [3.63, 3.8) is 0 Å². The van der Waals surface area contributed by atoms with E-state index in [4.69, 9.17) is 17.0 Å². The lowest BCUT2D eigenvalue weighted by molar-refractivity contribution is 0.0585. The van der Waals surface area contributed by atoms with Crippen molar-refractivity contribution < 1.29 is 4.74 Å². The molecule has 2 atom stereocenters. The molecule has 0 amide bonds. The van der Waals surface area contributed by atoms with Gasteiger partial charge in [-0.3, -0.25) is 0 Å². The first kappa shape index (κ1) is 8.78. The Morgan fingerprint density at radius 3 is 2.45 bits per heavy atom. The summed E-state index contributed by atoms with van der Waals surface area (Å²) in [5, 5.41) is 3.67. The highest BCUT2D eigenvalue weighted by atomic mass is 32.1. The van der Waals surface area contributed by atoms with Gasteiger partial charge in [-0.2, -0.15) is 0 Å². The van der Waals surface area contributed by atoms with Crippen LogP contribution in [0.25, 0.3) is 0 Å². The van der Waals surface area contributed by atoms with Crippen molar-refractivity contribution in [3.05, 3.63) is 0 Å². The topological polar surface area (TPSA) is 21.3 Å². The molecule has 1 N–H and O–H groups in total. The summed E-state index contributed by atoms with van der Waals surface area (Å²) < 4.78 is 5.35. The van der Waals surface area contributed by atoms with Gasteiger partial charge in [-0.25, -0.2) is 0 Å². The van der Waals surface area contributed by atoms with Gasteiger partial charge in [0.15, 0.2) is 0 Å². The molecule has 11 heavy (non-hydrogen) atoms. The van der Waals surface area contributed by atoms with Gasteiger partial charge < -0.3 is 10.1 Å². The zero-order valence-corrected chi connectivity index (χ0v) is 8.29. The van der Waals surface area contributed by atoms with Gasteiger partial charge in [-0.15, -0.1) is 0 Å². The zero-order chi connectivity index (χ0) is 8.65. The maximum absolute atomic E-state index is 5.35. The molecule has 0 aliphatic carbocycles. The monoisotopic (exact) mass is 173 g/mol. The second-order valence-electron chi connectivity index (χ2n) is 3.75. The molecule has 2 unspecified atom stereocenters.